The highest BCUT2D eigenvalue weighted by atomic mass is 32.1. The summed E-state index contributed by atoms with van der Waals surface area (Å²) in [7, 11) is 0. The first-order valence-electron chi connectivity index (χ1n) is 7.84. The Morgan fingerprint density at radius 1 is 1.20 bits per heavy atom. The van der Waals surface area contributed by atoms with Gasteiger partial charge in [0.25, 0.3) is 0 Å². The molecule has 0 aliphatic carbocycles. The van der Waals surface area contributed by atoms with Crippen LogP contribution in [0, 0.1) is 0 Å². The normalized spacial score (nSPS) is 10.6. The van der Waals surface area contributed by atoms with E-state index < -0.39 is 5.97 Å². The van der Waals surface area contributed by atoms with E-state index in [0.717, 1.165) is 27.6 Å². The molecule has 3 rings (SSSR count). The number of benzene rings is 2. The zero-order chi connectivity index (χ0) is 17.6. The van der Waals surface area contributed by atoms with Crippen molar-refractivity contribution >= 4 is 23.0 Å². The SMILES string of the molecule is Nc1ccc(-c2csc(COc3ccccc3)n2)cc1CCC(=O)O. The van der Waals surface area contributed by atoms with E-state index in [2.05, 4.69) is 4.98 Å². The summed E-state index contributed by atoms with van der Waals surface area (Å²) in [6, 6.07) is 15.2. The number of carbonyl (C=O) groups is 1. The molecule has 0 amide bonds. The number of ether oxygens (including phenoxy) is 1. The molecule has 0 fully saturated rings. The van der Waals surface area contributed by atoms with Gasteiger partial charge in [0.05, 0.1) is 5.69 Å². The molecule has 3 N–H and O–H groups in total. The van der Waals surface area contributed by atoms with E-state index in [1.165, 1.54) is 11.3 Å². The number of aromatic nitrogens is 1. The number of anilines is 1. The first-order valence-corrected chi connectivity index (χ1v) is 8.72. The number of para-hydroxylation sites is 1. The summed E-state index contributed by atoms with van der Waals surface area (Å²) in [5, 5.41) is 11.7. The summed E-state index contributed by atoms with van der Waals surface area (Å²) in [5.74, 6) is -0.0264. The Kier molecular flexibility index (Phi) is 5.30. The molecule has 0 bridgehead atoms. The lowest BCUT2D eigenvalue weighted by Gasteiger charge is -2.06. The largest absolute Gasteiger partial charge is 0.486 e. The number of carboxylic acids is 1. The zero-order valence-electron chi connectivity index (χ0n) is 13.5. The maximum absolute atomic E-state index is 10.8. The summed E-state index contributed by atoms with van der Waals surface area (Å²) in [6.07, 6.45) is 0.462. The lowest BCUT2D eigenvalue weighted by molar-refractivity contribution is -0.136. The third kappa shape index (κ3) is 4.58. The average Bonchev–Trinajstić information content (AvgIpc) is 3.09. The summed E-state index contributed by atoms with van der Waals surface area (Å²) in [5.41, 5.74) is 9.14. The molecule has 0 spiro atoms. The number of nitrogens with zero attached hydrogens (tertiary/aromatic N) is 1. The molecule has 6 heteroatoms. The fourth-order valence-corrected chi connectivity index (χ4v) is 3.11. The quantitative estimate of drug-likeness (QED) is 0.627. The molecule has 0 saturated carbocycles. The van der Waals surface area contributed by atoms with Crippen molar-refractivity contribution in [3.05, 3.63) is 64.5 Å². The van der Waals surface area contributed by atoms with Gasteiger partial charge in [0, 0.05) is 23.1 Å². The fraction of sp³-hybridized carbons (Fsp3) is 0.158. The molecule has 0 aliphatic heterocycles. The summed E-state index contributed by atoms with van der Waals surface area (Å²) < 4.78 is 5.71. The molecule has 5 nitrogen and oxygen atoms in total. The first kappa shape index (κ1) is 17.0. The fourth-order valence-electron chi connectivity index (χ4n) is 2.39. The van der Waals surface area contributed by atoms with E-state index in [9.17, 15) is 4.79 Å². The van der Waals surface area contributed by atoms with Gasteiger partial charge in [-0.05, 0) is 36.2 Å². The number of hydrogen-bond acceptors (Lipinski definition) is 5. The number of rotatable bonds is 7. The Balaban J connectivity index is 1.71. The van der Waals surface area contributed by atoms with Crippen LogP contribution in [0.15, 0.2) is 53.9 Å². The third-order valence-corrected chi connectivity index (χ3v) is 4.53. The Hall–Kier alpha value is -2.86. The number of nitrogen functional groups attached to an aromatic ring is 1. The van der Waals surface area contributed by atoms with E-state index in [4.69, 9.17) is 15.6 Å². The molecule has 0 aliphatic rings. The minimum absolute atomic E-state index is 0.0564. The second-order valence-corrected chi connectivity index (χ2v) is 6.48. The van der Waals surface area contributed by atoms with Gasteiger partial charge in [0.15, 0.2) is 0 Å². The monoisotopic (exact) mass is 354 g/mol. The van der Waals surface area contributed by atoms with Gasteiger partial charge in [-0.2, -0.15) is 0 Å². The predicted molar refractivity (Wildman–Crippen MR) is 98.7 cm³/mol. The van der Waals surface area contributed by atoms with Crippen LogP contribution < -0.4 is 10.5 Å². The standard InChI is InChI=1S/C19H18N2O3S/c20-16-8-6-14(10-13(16)7-9-19(22)23)17-12-25-18(21-17)11-24-15-4-2-1-3-5-15/h1-6,8,10,12H,7,9,11,20H2,(H,22,23). The van der Waals surface area contributed by atoms with Gasteiger partial charge >= 0.3 is 5.97 Å². The van der Waals surface area contributed by atoms with E-state index in [1.54, 1.807) is 6.07 Å². The number of nitrogens with two attached hydrogens (primary N) is 1. The summed E-state index contributed by atoms with van der Waals surface area (Å²) in [6.45, 7) is 0.412. The van der Waals surface area contributed by atoms with Crippen LogP contribution in [-0.2, 0) is 17.8 Å². The molecule has 0 radical (unpaired) electrons. The maximum atomic E-state index is 10.8. The van der Waals surface area contributed by atoms with Gasteiger partial charge in [0.2, 0.25) is 0 Å². The Morgan fingerprint density at radius 3 is 2.76 bits per heavy atom. The Bertz CT molecular complexity index is 862. The summed E-state index contributed by atoms with van der Waals surface area (Å²) in [4.78, 5) is 15.4. The van der Waals surface area contributed by atoms with Gasteiger partial charge in [-0.1, -0.05) is 24.3 Å². The van der Waals surface area contributed by atoms with Crippen LogP contribution in [0.2, 0.25) is 0 Å². The van der Waals surface area contributed by atoms with E-state index >= 15 is 0 Å². The zero-order valence-corrected chi connectivity index (χ0v) is 14.3. The van der Waals surface area contributed by atoms with Crippen molar-refractivity contribution in [2.24, 2.45) is 0 Å². The molecule has 2 aromatic carbocycles. The molecule has 1 aromatic heterocycles. The molecule has 128 valence electrons. The maximum Gasteiger partial charge on any atom is 0.303 e. The second kappa shape index (κ2) is 7.81. The molecule has 0 atom stereocenters. The molecule has 25 heavy (non-hydrogen) atoms. The van der Waals surface area contributed by atoms with E-state index in [0.29, 0.717) is 18.7 Å². The van der Waals surface area contributed by atoms with Gasteiger partial charge in [-0.15, -0.1) is 11.3 Å². The van der Waals surface area contributed by atoms with Crippen LogP contribution in [0.1, 0.15) is 17.0 Å². The molecule has 3 aromatic rings. The highest BCUT2D eigenvalue weighted by Crippen LogP contribution is 2.26. The van der Waals surface area contributed by atoms with Crippen molar-refractivity contribution in [3.8, 4) is 17.0 Å². The predicted octanol–water partition coefficient (Wildman–Crippen LogP) is 3.99. The van der Waals surface area contributed by atoms with Crippen LogP contribution in [0.25, 0.3) is 11.3 Å². The Labute approximate surface area is 149 Å². The second-order valence-electron chi connectivity index (χ2n) is 5.54. The van der Waals surface area contributed by atoms with Crippen LogP contribution in [0.3, 0.4) is 0 Å². The van der Waals surface area contributed by atoms with Crippen molar-refractivity contribution < 1.29 is 14.6 Å². The number of thiazole rings is 1. The van der Waals surface area contributed by atoms with Crippen LogP contribution in [0.4, 0.5) is 5.69 Å². The van der Waals surface area contributed by atoms with Gasteiger partial charge in [-0.3, -0.25) is 4.79 Å². The van der Waals surface area contributed by atoms with Crippen molar-refractivity contribution in [1.29, 1.82) is 0 Å². The van der Waals surface area contributed by atoms with Crippen LogP contribution >= 0.6 is 11.3 Å². The number of carboxylic acid groups (broad SMARTS) is 1. The van der Waals surface area contributed by atoms with Crippen LogP contribution in [0.5, 0.6) is 5.75 Å². The lowest BCUT2D eigenvalue weighted by atomic mass is 10.0. The topological polar surface area (TPSA) is 85.4 Å². The number of hydrogen-bond donors (Lipinski definition) is 2. The van der Waals surface area contributed by atoms with Crippen LogP contribution in [-0.4, -0.2) is 16.1 Å². The molecule has 1 heterocycles. The molecule has 0 unspecified atom stereocenters. The average molecular weight is 354 g/mol. The van der Waals surface area contributed by atoms with E-state index in [-0.39, 0.29) is 6.42 Å². The first-order chi connectivity index (χ1) is 12.1. The number of aliphatic carboxylic acids is 1. The van der Waals surface area contributed by atoms with Gasteiger partial charge in [-0.25, -0.2) is 4.98 Å². The minimum atomic E-state index is -0.834. The lowest BCUT2D eigenvalue weighted by Crippen LogP contribution is -2.01. The van der Waals surface area contributed by atoms with E-state index in [1.807, 2.05) is 47.8 Å². The third-order valence-electron chi connectivity index (χ3n) is 3.70. The van der Waals surface area contributed by atoms with Crippen molar-refractivity contribution in [3.63, 3.8) is 0 Å². The number of aryl methyl sites for hydroxylation is 1. The smallest absolute Gasteiger partial charge is 0.303 e. The summed E-state index contributed by atoms with van der Waals surface area (Å²) >= 11 is 1.53. The molecular weight excluding hydrogens is 336 g/mol. The Morgan fingerprint density at radius 2 is 2.00 bits per heavy atom. The van der Waals surface area contributed by atoms with Crippen molar-refractivity contribution in [2.45, 2.75) is 19.4 Å². The van der Waals surface area contributed by atoms with Gasteiger partial charge in [0.1, 0.15) is 17.4 Å². The molecule has 0 saturated heterocycles. The minimum Gasteiger partial charge on any atom is -0.486 e. The molecular formula is C19H18N2O3S. The highest BCUT2D eigenvalue weighted by molar-refractivity contribution is 7.09. The highest BCUT2D eigenvalue weighted by Gasteiger charge is 2.09. The van der Waals surface area contributed by atoms with Gasteiger partial charge < -0.3 is 15.6 Å². The van der Waals surface area contributed by atoms with Crippen molar-refractivity contribution in [1.82, 2.24) is 4.98 Å². The van der Waals surface area contributed by atoms with Crippen molar-refractivity contribution in [2.75, 3.05) is 5.73 Å².